The Morgan fingerprint density at radius 1 is 1.30 bits per heavy atom. The number of rotatable bonds is 4. The van der Waals surface area contributed by atoms with E-state index in [-0.39, 0.29) is 5.91 Å². The van der Waals surface area contributed by atoms with Gasteiger partial charge in [0.25, 0.3) is 5.91 Å². The molecule has 0 radical (unpaired) electrons. The number of thiazole rings is 1. The molecule has 1 aromatic carbocycles. The van der Waals surface area contributed by atoms with E-state index >= 15 is 0 Å². The van der Waals surface area contributed by atoms with Crippen molar-refractivity contribution in [1.29, 1.82) is 0 Å². The molecule has 5 nitrogen and oxygen atoms in total. The minimum atomic E-state index is -0.328. The molecule has 0 fully saturated rings. The molecular formula is C16H12ClN3O2S. The molecular weight excluding hydrogens is 334 g/mol. The highest BCUT2D eigenvalue weighted by Gasteiger charge is 2.15. The monoisotopic (exact) mass is 345 g/mol. The molecule has 0 atom stereocenters. The first-order valence-electron chi connectivity index (χ1n) is 6.69. The van der Waals surface area contributed by atoms with Gasteiger partial charge in [0, 0.05) is 23.2 Å². The molecule has 3 rings (SSSR count). The van der Waals surface area contributed by atoms with Crippen molar-refractivity contribution in [1.82, 2.24) is 9.97 Å². The second-order valence-corrected chi connectivity index (χ2v) is 5.81. The van der Waals surface area contributed by atoms with E-state index in [9.17, 15) is 4.79 Å². The van der Waals surface area contributed by atoms with Crippen LogP contribution < -0.4 is 10.1 Å². The number of carbonyl (C=O) groups is 1. The van der Waals surface area contributed by atoms with Crippen LogP contribution in [-0.4, -0.2) is 23.0 Å². The third kappa shape index (κ3) is 3.33. The predicted molar refractivity (Wildman–Crippen MR) is 91.3 cm³/mol. The third-order valence-electron chi connectivity index (χ3n) is 3.09. The number of carbonyl (C=O) groups excluding carboxylic acids is 1. The average molecular weight is 346 g/mol. The Hall–Kier alpha value is -2.44. The molecule has 116 valence electrons. The Morgan fingerprint density at radius 2 is 2.13 bits per heavy atom. The number of benzene rings is 1. The zero-order valence-electron chi connectivity index (χ0n) is 12.1. The van der Waals surface area contributed by atoms with Crippen LogP contribution in [-0.2, 0) is 0 Å². The minimum absolute atomic E-state index is 0.316. The second-order valence-electron chi connectivity index (χ2n) is 4.55. The molecule has 3 aromatic rings. The third-order valence-corrected chi connectivity index (χ3v) is 4.30. The van der Waals surface area contributed by atoms with Crippen LogP contribution in [0.1, 0.15) is 10.5 Å². The molecule has 0 saturated carbocycles. The molecule has 1 N–H and O–H groups in total. The van der Waals surface area contributed by atoms with Gasteiger partial charge < -0.3 is 10.1 Å². The van der Waals surface area contributed by atoms with Crippen LogP contribution in [0.5, 0.6) is 5.75 Å². The highest BCUT2D eigenvalue weighted by atomic mass is 35.5. The van der Waals surface area contributed by atoms with E-state index in [1.807, 2.05) is 18.2 Å². The lowest BCUT2D eigenvalue weighted by Gasteiger charge is -2.07. The van der Waals surface area contributed by atoms with Crippen LogP contribution >= 0.6 is 22.9 Å². The van der Waals surface area contributed by atoms with Gasteiger partial charge in [-0.15, -0.1) is 11.3 Å². The van der Waals surface area contributed by atoms with Crippen LogP contribution in [0, 0.1) is 0 Å². The smallest absolute Gasteiger partial charge is 0.275 e. The lowest BCUT2D eigenvalue weighted by Crippen LogP contribution is -2.13. The number of hydrogen-bond acceptors (Lipinski definition) is 5. The van der Waals surface area contributed by atoms with Crippen molar-refractivity contribution in [2.24, 2.45) is 0 Å². The summed E-state index contributed by atoms with van der Waals surface area (Å²) >= 11 is 7.52. The Bertz CT molecular complexity index is 851. The molecule has 2 heterocycles. The van der Waals surface area contributed by atoms with Gasteiger partial charge in [-0.05, 0) is 6.07 Å². The quantitative estimate of drug-likeness (QED) is 0.772. The summed E-state index contributed by atoms with van der Waals surface area (Å²) in [6, 6.07) is 9.06. The first-order chi connectivity index (χ1) is 11.2. The lowest BCUT2D eigenvalue weighted by atomic mass is 10.2. The fourth-order valence-electron chi connectivity index (χ4n) is 1.98. The van der Waals surface area contributed by atoms with Crippen molar-refractivity contribution in [3.63, 3.8) is 0 Å². The number of nitrogens with zero attached hydrogens (tertiary/aromatic N) is 2. The summed E-state index contributed by atoms with van der Waals surface area (Å²) < 4.78 is 5.18. The van der Waals surface area contributed by atoms with Crippen molar-refractivity contribution in [2.75, 3.05) is 12.4 Å². The van der Waals surface area contributed by atoms with Gasteiger partial charge in [0.2, 0.25) is 0 Å². The van der Waals surface area contributed by atoms with E-state index < -0.39 is 0 Å². The predicted octanol–water partition coefficient (Wildman–Crippen LogP) is 4.12. The summed E-state index contributed by atoms with van der Waals surface area (Å²) in [7, 11) is 1.53. The lowest BCUT2D eigenvalue weighted by molar-refractivity contribution is 0.102. The Morgan fingerprint density at radius 3 is 2.91 bits per heavy atom. The summed E-state index contributed by atoms with van der Waals surface area (Å²) in [5.74, 6) is 0.209. The molecule has 0 saturated heterocycles. The van der Waals surface area contributed by atoms with Gasteiger partial charge in [0.05, 0.1) is 18.3 Å². The normalized spacial score (nSPS) is 10.3. The van der Waals surface area contributed by atoms with Gasteiger partial charge in [0.1, 0.15) is 22.1 Å². The highest BCUT2D eigenvalue weighted by molar-refractivity contribution is 7.13. The minimum Gasteiger partial charge on any atom is -0.494 e. The van der Waals surface area contributed by atoms with Crippen molar-refractivity contribution < 1.29 is 9.53 Å². The molecule has 0 aliphatic rings. The number of halogens is 1. The number of aromatic nitrogens is 2. The standard InChI is InChI=1S/C16H12ClN3O2S/c1-22-14-6-7-18-8-12(14)19-15(21)13-9-23-16(20-13)10-4-2-3-5-11(10)17/h2-9H,1H3,(H,19,21). The number of ether oxygens (including phenoxy) is 1. The molecule has 0 aliphatic heterocycles. The van der Waals surface area contributed by atoms with Gasteiger partial charge in [-0.1, -0.05) is 29.8 Å². The second kappa shape index (κ2) is 6.76. The number of anilines is 1. The zero-order valence-corrected chi connectivity index (χ0v) is 13.7. The van der Waals surface area contributed by atoms with Crippen LogP contribution in [0.4, 0.5) is 5.69 Å². The van der Waals surface area contributed by atoms with E-state index in [2.05, 4.69) is 15.3 Å². The van der Waals surface area contributed by atoms with E-state index in [1.165, 1.54) is 24.6 Å². The highest BCUT2D eigenvalue weighted by Crippen LogP contribution is 2.30. The summed E-state index contributed by atoms with van der Waals surface area (Å²) in [6.45, 7) is 0. The van der Waals surface area contributed by atoms with E-state index in [4.69, 9.17) is 16.3 Å². The van der Waals surface area contributed by atoms with Gasteiger partial charge in [-0.25, -0.2) is 4.98 Å². The van der Waals surface area contributed by atoms with Crippen LogP contribution in [0.15, 0.2) is 48.1 Å². The molecule has 0 bridgehead atoms. The van der Waals surface area contributed by atoms with Crippen molar-refractivity contribution >= 4 is 34.5 Å². The number of methoxy groups -OCH3 is 1. The Kier molecular flexibility index (Phi) is 4.55. The fraction of sp³-hybridized carbons (Fsp3) is 0.0625. The average Bonchev–Trinajstić information content (AvgIpc) is 3.05. The van der Waals surface area contributed by atoms with Crippen molar-refractivity contribution in [3.05, 3.63) is 58.8 Å². The maximum Gasteiger partial charge on any atom is 0.275 e. The molecule has 0 spiro atoms. The maximum atomic E-state index is 12.3. The van der Waals surface area contributed by atoms with Gasteiger partial charge in [-0.2, -0.15) is 0 Å². The summed E-state index contributed by atoms with van der Waals surface area (Å²) in [4.78, 5) is 20.7. The topological polar surface area (TPSA) is 64.1 Å². The fourth-order valence-corrected chi connectivity index (χ4v) is 3.10. The molecule has 2 aromatic heterocycles. The zero-order chi connectivity index (χ0) is 16.2. The largest absolute Gasteiger partial charge is 0.494 e. The Balaban J connectivity index is 1.83. The van der Waals surface area contributed by atoms with Crippen LogP contribution in [0.2, 0.25) is 5.02 Å². The van der Waals surface area contributed by atoms with E-state index in [1.54, 1.807) is 23.7 Å². The number of amides is 1. The van der Waals surface area contributed by atoms with Crippen LogP contribution in [0.25, 0.3) is 10.6 Å². The first kappa shape index (κ1) is 15.5. The van der Waals surface area contributed by atoms with Gasteiger partial charge in [-0.3, -0.25) is 9.78 Å². The first-order valence-corrected chi connectivity index (χ1v) is 7.94. The summed E-state index contributed by atoms with van der Waals surface area (Å²) in [5.41, 5.74) is 1.61. The molecule has 0 aliphatic carbocycles. The van der Waals surface area contributed by atoms with Crippen molar-refractivity contribution in [3.8, 4) is 16.3 Å². The molecule has 0 unspecified atom stereocenters. The molecule has 7 heteroatoms. The van der Waals surface area contributed by atoms with E-state index in [0.29, 0.717) is 27.2 Å². The Labute approximate surface area is 141 Å². The summed E-state index contributed by atoms with van der Waals surface area (Å²) in [5, 5.41) is 5.73. The van der Waals surface area contributed by atoms with Gasteiger partial charge >= 0.3 is 0 Å². The SMILES string of the molecule is COc1ccncc1NC(=O)c1csc(-c2ccccc2Cl)n1. The number of pyridine rings is 1. The van der Waals surface area contributed by atoms with Gasteiger partial charge in [0.15, 0.2) is 0 Å². The van der Waals surface area contributed by atoms with Crippen LogP contribution in [0.3, 0.4) is 0 Å². The maximum absolute atomic E-state index is 12.3. The molecule has 1 amide bonds. The summed E-state index contributed by atoms with van der Waals surface area (Å²) in [6.07, 6.45) is 3.12. The van der Waals surface area contributed by atoms with E-state index in [0.717, 1.165) is 5.56 Å². The number of nitrogens with one attached hydrogen (secondary N) is 1. The number of hydrogen-bond donors (Lipinski definition) is 1. The molecule has 23 heavy (non-hydrogen) atoms. The van der Waals surface area contributed by atoms with Crippen molar-refractivity contribution in [2.45, 2.75) is 0 Å².